The van der Waals surface area contributed by atoms with Crippen molar-refractivity contribution in [2.75, 3.05) is 0 Å². The third-order valence-corrected chi connectivity index (χ3v) is 5.67. The van der Waals surface area contributed by atoms with E-state index in [2.05, 4.69) is 18.3 Å². The van der Waals surface area contributed by atoms with Crippen LogP contribution < -0.4 is 5.32 Å². The van der Waals surface area contributed by atoms with E-state index in [4.69, 9.17) is 5.11 Å². The van der Waals surface area contributed by atoms with Crippen LogP contribution in [0.5, 0.6) is 0 Å². The third kappa shape index (κ3) is 4.84. The van der Waals surface area contributed by atoms with Crippen LogP contribution in [0.1, 0.15) is 34.0 Å². The van der Waals surface area contributed by atoms with Crippen molar-refractivity contribution < 1.29 is 14.7 Å². The molecule has 0 spiro atoms. The smallest absolute Gasteiger partial charge is 0.316 e. The van der Waals surface area contributed by atoms with Gasteiger partial charge in [-0.25, -0.2) is 0 Å². The van der Waals surface area contributed by atoms with E-state index in [-0.39, 0.29) is 5.91 Å². The molecule has 2 N–H and O–H groups in total. The van der Waals surface area contributed by atoms with Gasteiger partial charge < -0.3 is 10.4 Å². The van der Waals surface area contributed by atoms with Crippen molar-refractivity contribution in [1.82, 2.24) is 5.32 Å². The summed E-state index contributed by atoms with van der Waals surface area (Å²) in [6, 6.07) is 11.2. The minimum absolute atomic E-state index is 0.183. The predicted molar refractivity (Wildman–Crippen MR) is 94.3 cm³/mol. The van der Waals surface area contributed by atoms with Crippen LogP contribution in [0.2, 0.25) is 0 Å². The summed E-state index contributed by atoms with van der Waals surface area (Å²) < 4.78 is 0. The van der Waals surface area contributed by atoms with Crippen LogP contribution in [0, 0.1) is 0 Å². The van der Waals surface area contributed by atoms with Gasteiger partial charge in [0, 0.05) is 14.6 Å². The SMILES string of the molecule is CCc1ccc(CNC(=O)c2ccccc2SC(C)C(=O)O)s1. The van der Waals surface area contributed by atoms with Crippen LogP contribution in [0.25, 0.3) is 0 Å². The molecule has 122 valence electrons. The minimum Gasteiger partial charge on any atom is -0.480 e. The van der Waals surface area contributed by atoms with Gasteiger partial charge in [-0.1, -0.05) is 19.1 Å². The number of thioether (sulfide) groups is 1. The maximum atomic E-state index is 12.4. The van der Waals surface area contributed by atoms with Gasteiger partial charge in [0.1, 0.15) is 5.25 Å². The summed E-state index contributed by atoms with van der Waals surface area (Å²) in [5, 5.41) is 11.3. The minimum atomic E-state index is -0.893. The van der Waals surface area contributed by atoms with Gasteiger partial charge in [0.15, 0.2) is 0 Å². The Hall–Kier alpha value is -1.79. The first-order valence-electron chi connectivity index (χ1n) is 7.35. The molecule has 2 aromatic rings. The predicted octanol–water partition coefficient (Wildman–Crippen LogP) is 3.81. The molecule has 0 saturated carbocycles. The summed E-state index contributed by atoms with van der Waals surface area (Å²) in [5.41, 5.74) is 0.512. The molecular weight excluding hydrogens is 330 g/mol. The van der Waals surface area contributed by atoms with E-state index in [0.29, 0.717) is 17.0 Å². The first-order chi connectivity index (χ1) is 11.0. The van der Waals surface area contributed by atoms with Gasteiger partial charge in [0.05, 0.1) is 12.1 Å². The van der Waals surface area contributed by atoms with Crippen molar-refractivity contribution >= 4 is 35.0 Å². The maximum Gasteiger partial charge on any atom is 0.316 e. The van der Waals surface area contributed by atoms with Gasteiger partial charge >= 0.3 is 5.97 Å². The second-order valence-electron chi connectivity index (χ2n) is 5.00. The van der Waals surface area contributed by atoms with E-state index in [9.17, 15) is 9.59 Å². The molecule has 1 atom stereocenters. The largest absolute Gasteiger partial charge is 0.480 e. The molecule has 2 rings (SSSR count). The topological polar surface area (TPSA) is 66.4 Å². The zero-order valence-corrected chi connectivity index (χ0v) is 14.7. The summed E-state index contributed by atoms with van der Waals surface area (Å²) in [7, 11) is 0. The summed E-state index contributed by atoms with van der Waals surface area (Å²) in [5.74, 6) is -1.08. The number of carbonyl (C=O) groups is 2. The molecule has 1 aromatic heterocycles. The molecule has 1 heterocycles. The van der Waals surface area contributed by atoms with Gasteiger partial charge in [-0.2, -0.15) is 0 Å². The van der Waals surface area contributed by atoms with Crippen LogP contribution in [0.4, 0.5) is 0 Å². The normalized spacial score (nSPS) is 11.9. The molecule has 0 radical (unpaired) electrons. The Morgan fingerprint density at radius 3 is 2.57 bits per heavy atom. The number of hydrogen-bond acceptors (Lipinski definition) is 4. The first-order valence-corrected chi connectivity index (χ1v) is 9.05. The van der Waals surface area contributed by atoms with Gasteiger partial charge in [0.2, 0.25) is 0 Å². The number of benzene rings is 1. The molecule has 0 aliphatic rings. The van der Waals surface area contributed by atoms with E-state index >= 15 is 0 Å². The van der Waals surface area contributed by atoms with Crippen LogP contribution in [-0.2, 0) is 17.8 Å². The second kappa shape index (κ2) is 8.17. The number of rotatable bonds is 7. The number of carboxylic acid groups (broad SMARTS) is 1. The Morgan fingerprint density at radius 2 is 1.91 bits per heavy atom. The number of aryl methyl sites for hydroxylation is 1. The molecule has 0 bridgehead atoms. The van der Waals surface area contributed by atoms with E-state index in [1.807, 2.05) is 6.07 Å². The standard InChI is InChI=1S/C17H19NO3S2/c1-3-12-8-9-13(23-12)10-18-16(19)14-6-4-5-7-15(14)22-11(2)17(20)21/h4-9,11H,3,10H2,1-2H3,(H,18,19)(H,20,21). The number of aliphatic carboxylic acids is 1. The Kier molecular flexibility index (Phi) is 6.24. The summed E-state index contributed by atoms with van der Waals surface area (Å²) in [4.78, 5) is 26.5. The average Bonchev–Trinajstić information content (AvgIpc) is 3.01. The van der Waals surface area contributed by atoms with Gasteiger partial charge in [-0.05, 0) is 37.6 Å². The molecular formula is C17H19NO3S2. The fraction of sp³-hybridized carbons (Fsp3) is 0.294. The molecule has 1 unspecified atom stereocenters. The fourth-order valence-electron chi connectivity index (χ4n) is 1.97. The quantitative estimate of drug-likeness (QED) is 0.746. The zero-order chi connectivity index (χ0) is 16.8. The van der Waals surface area contributed by atoms with Crippen molar-refractivity contribution in [3.8, 4) is 0 Å². The van der Waals surface area contributed by atoms with Crippen LogP contribution in [-0.4, -0.2) is 22.2 Å². The van der Waals surface area contributed by atoms with Crippen molar-refractivity contribution in [2.45, 2.75) is 37.0 Å². The number of amides is 1. The molecule has 1 aromatic carbocycles. The van der Waals surface area contributed by atoms with E-state index in [0.717, 1.165) is 11.3 Å². The number of carboxylic acids is 1. The Balaban J connectivity index is 2.05. The highest BCUT2D eigenvalue weighted by atomic mass is 32.2. The lowest BCUT2D eigenvalue weighted by Gasteiger charge is -2.11. The second-order valence-corrected chi connectivity index (χ2v) is 7.63. The summed E-state index contributed by atoms with van der Waals surface area (Å²) in [6.07, 6.45) is 0.991. The highest BCUT2D eigenvalue weighted by Gasteiger charge is 2.17. The van der Waals surface area contributed by atoms with Crippen LogP contribution >= 0.6 is 23.1 Å². The lowest BCUT2D eigenvalue weighted by atomic mass is 10.2. The van der Waals surface area contributed by atoms with Crippen LogP contribution in [0.15, 0.2) is 41.3 Å². The molecule has 1 amide bonds. The lowest BCUT2D eigenvalue weighted by molar-refractivity contribution is -0.136. The summed E-state index contributed by atoms with van der Waals surface area (Å²) in [6.45, 7) is 4.20. The number of nitrogens with one attached hydrogen (secondary N) is 1. The van der Waals surface area contributed by atoms with Crippen molar-refractivity contribution in [3.63, 3.8) is 0 Å². The highest BCUT2D eigenvalue weighted by Crippen LogP contribution is 2.27. The Bertz CT molecular complexity index is 697. The molecule has 0 fully saturated rings. The van der Waals surface area contributed by atoms with Gasteiger partial charge in [0.25, 0.3) is 5.91 Å². The highest BCUT2D eigenvalue weighted by molar-refractivity contribution is 8.00. The fourth-order valence-corrected chi connectivity index (χ4v) is 3.79. The molecule has 6 heteroatoms. The Morgan fingerprint density at radius 1 is 1.22 bits per heavy atom. The van der Waals surface area contributed by atoms with E-state index in [1.54, 1.807) is 42.5 Å². The van der Waals surface area contributed by atoms with Crippen LogP contribution in [0.3, 0.4) is 0 Å². The monoisotopic (exact) mass is 349 g/mol. The summed E-state index contributed by atoms with van der Waals surface area (Å²) >= 11 is 2.87. The number of hydrogen-bond donors (Lipinski definition) is 2. The van der Waals surface area contributed by atoms with E-state index in [1.165, 1.54) is 16.6 Å². The number of carbonyl (C=O) groups excluding carboxylic acids is 1. The van der Waals surface area contributed by atoms with Gasteiger partial charge in [-0.3, -0.25) is 9.59 Å². The molecule has 23 heavy (non-hydrogen) atoms. The maximum absolute atomic E-state index is 12.4. The molecule has 0 aliphatic heterocycles. The molecule has 0 aliphatic carbocycles. The van der Waals surface area contributed by atoms with Crippen molar-refractivity contribution in [1.29, 1.82) is 0 Å². The zero-order valence-electron chi connectivity index (χ0n) is 13.0. The van der Waals surface area contributed by atoms with Crippen molar-refractivity contribution in [3.05, 3.63) is 51.7 Å². The lowest BCUT2D eigenvalue weighted by Crippen LogP contribution is -2.23. The Labute approximate surface area is 143 Å². The van der Waals surface area contributed by atoms with Crippen molar-refractivity contribution in [2.24, 2.45) is 0 Å². The molecule has 0 saturated heterocycles. The third-order valence-electron chi connectivity index (χ3n) is 3.27. The number of thiophene rings is 1. The average molecular weight is 349 g/mol. The van der Waals surface area contributed by atoms with E-state index < -0.39 is 11.2 Å². The van der Waals surface area contributed by atoms with Gasteiger partial charge in [-0.15, -0.1) is 23.1 Å². The molecule has 4 nitrogen and oxygen atoms in total. The first kappa shape index (κ1) is 17.6.